The van der Waals surface area contributed by atoms with Crippen molar-refractivity contribution in [3.63, 3.8) is 0 Å². The van der Waals surface area contributed by atoms with Crippen LogP contribution in [-0.2, 0) is 0 Å². The average molecular weight is 248 g/mol. The van der Waals surface area contributed by atoms with E-state index in [-0.39, 0.29) is 12.2 Å². The minimum absolute atomic E-state index is 0.0355. The Kier molecular flexibility index (Phi) is 4.65. The highest BCUT2D eigenvalue weighted by Crippen LogP contribution is 2.25. The van der Waals surface area contributed by atoms with E-state index < -0.39 is 0 Å². The zero-order valence-corrected chi connectivity index (χ0v) is 11.5. The smallest absolute Gasteiger partial charge is 0.124 e. The maximum atomic E-state index is 10.2. The molecule has 0 amide bonds. The molecule has 1 fully saturated rings. The number of aliphatic hydroxyl groups is 1. The molecule has 0 aliphatic heterocycles. The predicted octanol–water partition coefficient (Wildman–Crippen LogP) is 3.77. The van der Waals surface area contributed by atoms with Gasteiger partial charge >= 0.3 is 0 Å². The van der Waals surface area contributed by atoms with Gasteiger partial charge in [0.1, 0.15) is 11.9 Å². The van der Waals surface area contributed by atoms with Crippen LogP contribution in [0.2, 0.25) is 0 Å². The van der Waals surface area contributed by atoms with Crippen molar-refractivity contribution in [2.75, 3.05) is 0 Å². The van der Waals surface area contributed by atoms with Crippen molar-refractivity contribution in [3.05, 3.63) is 29.3 Å². The molecule has 1 aromatic carbocycles. The Balaban J connectivity index is 2.05. The highest BCUT2D eigenvalue weighted by Gasteiger charge is 2.22. The van der Waals surface area contributed by atoms with E-state index in [1.807, 2.05) is 6.07 Å². The number of benzene rings is 1. The third-order valence-electron chi connectivity index (χ3n) is 3.78. The zero-order chi connectivity index (χ0) is 13.0. The van der Waals surface area contributed by atoms with Gasteiger partial charge in [0, 0.05) is 0 Å². The topological polar surface area (TPSA) is 29.5 Å². The van der Waals surface area contributed by atoms with Gasteiger partial charge in [0.15, 0.2) is 0 Å². The van der Waals surface area contributed by atoms with Crippen molar-refractivity contribution in [3.8, 4) is 5.75 Å². The Bertz CT molecular complexity index is 387. The van der Waals surface area contributed by atoms with Crippen LogP contribution in [0.3, 0.4) is 0 Å². The van der Waals surface area contributed by atoms with E-state index in [1.165, 1.54) is 18.4 Å². The van der Waals surface area contributed by atoms with Gasteiger partial charge in [-0.3, -0.25) is 0 Å². The highest BCUT2D eigenvalue weighted by atomic mass is 16.5. The highest BCUT2D eigenvalue weighted by molar-refractivity contribution is 5.35. The molecule has 1 aliphatic carbocycles. The lowest BCUT2D eigenvalue weighted by Crippen LogP contribution is -2.32. The average Bonchev–Trinajstić information content (AvgIpc) is 2.31. The van der Waals surface area contributed by atoms with Crippen molar-refractivity contribution in [1.29, 1.82) is 0 Å². The summed E-state index contributed by atoms with van der Waals surface area (Å²) in [7, 11) is 0. The van der Waals surface area contributed by atoms with Gasteiger partial charge in [0.05, 0.1) is 6.10 Å². The monoisotopic (exact) mass is 248 g/mol. The lowest BCUT2D eigenvalue weighted by atomic mass is 9.96. The molecule has 2 nitrogen and oxygen atoms in total. The number of ether oxygens (including phenoxy) is 1. The molecule has 1 aliphatic rings. The Morgan fingerprint density at radius 2 is 1.78 bits per heavy atom. The molecule has 2 rings (SSSR count). The summed E-state index contributed by atoms with van der Waals surface area (Å²) >= 11 is 0. The summed E-state index contributed by atoms with van der Waals surface area (Å²) in [5.41, 5.74) is 2.40. The SMILES string of the molecule is Cc1ccc(OC2CCCCCCC2O)c(C)c1. The minimum Gasteiger partial charge on any atom is -0.487 e. The third-order valence-corrected chi connectivity index (χ3v) is 3.78. The van der Waals surface area contributed by atoms with Gasteiger partial charge in [-0.15, -0.1) is 0 Å². The maximum absolute atomic E-state index is 10.2. The van der Waals surface area contributed by atoms with E-state index in [0.717, 1.165) is 37.0 Å². The van der Waals surface area contributed by atoms with Crippen molar-refractivity contribution in [2.24, 2.45) is 0 Å². The standard InChI is InChI=1S/C16H24O2/c1-12-9-10-15(13(2)11-12)18-16-8-6-4-3-5-7-14(16)17/h9-11,14,16-17H,3-8H2,1-2H3. The van der Waals surface area contributed by atoms with Crippen LogP contribution in [0.4, 0.5) is 0 Å². The van der Waals surface area contributed by atoms with Crippen LogP contribution in [0.5, 0.6) is 5.75 Å². The molecule has 0 aromatic heterocycles. The number of hydrogen-bond acceptors (Lipinski definition) is 2. The van der Waals surface area contributed by atoms with Gasteiger partial charge in [0.2, 0.25) is 0 Å². The summed E-state index contributed by atoms with van der Waals surface area (Å²) in [6.07, 6.45) is 6.27. The molecule has 1 saturated carbocycles. The fourth-order valence-corrected chi connectivity index (χ4v) is 2.66. The first-order valence-electron chi connectivity index (χ1n) is 7.09. The van der Waals surface area contributed by atoms with Gasteiger partial charge < -0.3 is 9.84 Å². The molecule has 1 aromatic rings. The van der Waals surface area contributed by atoms with Crippen molar-refractivity contribution >= 4 is 0 Å². The van der Waals surface area contributed by atoms with Crippen molar-refractivity contribution in [2.45, 2.75) is 64.6 Å². The summed E-state index contributed by atoms with van der Waals surface area (Å²) in [6, 6.07) is 6.22. The molecular weight excluding hydrogens is 224 g/mol. The Labute approximate surface area is 110 Å². The molecular formula is C16H24O2. The van der Waals surface area contributed by atoms with Gasteiger partial charge in [-0.05, 0) is 44.7 Å². The molecule has 0 radical (unpaired) electrons. The van der Waals surface area contributed by atoms with Gasteiger partial charge in [-0.25, -0.2) is 0 Å². The van der Waals surface area contributed by atoms with E-state index in [0.29, 0.717) is 0 Å². The second-order valence-electron chi connectivity index (χ2n) is 5.48. The van der Waals surface area contributed by atoms with Crippen LogP contribution in [0.1, 0.15) is 49.7 Å². The molecule has 2 heteroatoms. The van der Waals surface area contributed by atoms with Crippen molar-refractivity contribution in [1.82, 2.24) is 0 Å². The molecule has 0 heterocycles. The molecule has 100 valence electrons. The fraction of sp³-hybridized carbons (Fsp3) is 0.625. The molecule has 2 atom stereocenters. The summed E-state index contributed by atoms with van der Waals surface area (Å²) in [6.45, 7) is 4.15. The Morgan fingerprint density at radius 1 is 1.06 bits per heavy atom. The second-order valence-corrected chi connectivity index (χ2v) is 5.48. The fourth-order valence-electron chi connectivity index (χ4n) is 2.66. The number of hydrogen-bond donors (Lipinski definition) is 1. The number of rotatable bonds is 2. The number of aliphatic hydroxyl groups excluding tert-OH is 1. The molecule has 0 bridgehead atoms. The van der Waals surface area contributed by atoms with Gasteiger partial charge in [-0.1, -0.05) is 37.0 Å². The largest absolute Gasteiger partial charge is 0.487 e. The Morgan fingerprint density at radius 3 is 2.50 bits per heavy atom. The van der Waals surface area contributed by atoms with E-state index in [1.54, 1.807) is 0 Å². The van der Waals surface area contributed by atoms with Crippen LogP contribution < -0.4 is 4.74 Å². The first-order chi connectivity index (χ1) is 8.66. The van der Waals surface area contributed by atoms with E-state index in [9.17, 15) is 5.11 Å². The summed E-state index contributed by atoms with van der Waals surface area (Å²) in [5, 5.41) is 10.2. The van der Waals surface area contributed by atoms with Gasteiger partial charge in [-0.2, -0.15) is 0 Å². The minimum atomic E-state index is -0.314. The van der Waals surface area contributed by atoms with Crippen LogP contribution in [-0.4, -0.2) is 17.3 Å². The number of aryl methyl sites for hydroxylation is 2. The van der Waals surface area contributed by atoms with E-state index in [2.05, 4.69) is 26.0 Å². The van der Waals surface area contributed by atoms with E-state index >= 15 is 0 Å². The lowest BCUT2D eigenvalue weighted by molar-refractivity contribution is 0.0184. The predicted molar refractivity (Wildman–Crippen MR) is 74.0 cm³/mol. The molecule has 1 N–H and O–H groups in total. The summed E-state index contributed by atoms with van der Waals surface area (Å²) < 4.78 is 6.04. The molecule has 0 saturated heterocycles. The normalized spacial score (nSPS) is 25.3. The first-order valence-corrected chi connectivity index (χ1v) is 7.09. The molecule has 18 heavy (non-hydrogen) atoms. The van der Waals surface area contributed by atoms with Crippen LogP contribution >= 0.6 is 0 Å². The van der Waals surface area contributed by atoms with Crippen molar-refractivity contribution < 1.29 is 9.84 Å². The second kappa shape index (κ2) is 6.24. The lowest BCUT2D eigenvalue weighted by Gasteiger charge is -2.27. The molecule has 0 spiro atoms. The first kappa shape index (κ1) is 13.4. The maximum Gasteiger partial charge on any atom is 0.124 e. The van der Waals surface area contributed by atoms with Crippen LogP contribution in [0.15, 0.2) is 18.2 Å². The van der Waals surface area contributed by atoms with Crippen LogP contribution in [0, 0.1) is 13.8 Å². The quantitative estimate of drug-likeness (QED) is 0.863. The zero-order valence-electron chi connectivity index (χ0n) is 11.5. The Hall–Kier alpha value is -1.02. The third kappa shape index (κ3) is 3.49. The van der Waals surface area contributed by atoms with Gasteiger partial charge in [0.25, 0.3) is 0 Å². The molecule has 2 unspecified atom stereocenters. The summed E-state index contributed by atoms with van der Waals surface area (Å²) in [4.78, 5) is 0. The summed E-state index contributed by atoms with van der Waals surface area (Å²) in [5.74, 6) is 0.922. The van der Waals surface area contributed by atoms with E-state index in [4.69, 9.17) is 4.74 Å². The van der Waals surface area contributed by atoms with Crippen LogP contribution in [0.25, 0.3) is 0 Å².